The molecule has 1 heteroatoms. The maximum atomic E-state index is 11.9. The topological polar surface area (TPSA) is 17.1 Å². The molecule has 0 radical (unpaired) electrons. The summed E-state index contributed by atoms with van der Waals surface area (Å²) in [6, 6.07) is 0. The van der Waals surface area contributed by atoms with Gasteiger partial charge in [0.15, 0.2) is 5.78 Å². The van der Waals surface area contributed by atoms with Crippen molar-refractivity contribution in [1.82, 2.24) is 0 Å². The first kappa shape index (κ1) is 7.54. The van der Waals surface area contributed by atoms with E-state index in [0.717, 1.165) is 6.42 Å². The standard InChI is InChI=1S/C12H14O/c1-8-9-4-5-10(7-9)12(8)6-2-3-11(12)13/h2-5,8-10H,6-7H2,1H3/t8-,9+,10-,12+/m0/s1. The summed E-state index contributed by atoms with van der Waals surface area (Å²) in [6.07, 6.45) is 10.6. The van der Waals surface area contributed by atoms with Crippen molar-refractivity contribution in [3.8, 4) is 0 Å². The van der Waals surface area contributed by atoms with E-state index in [1.165, 1.54) is 6.42 Å². The van der Waals surface area contributed by atoms with E-state index in [2.05, 4.69) is 25.2 Å². The van der Waals surface area contributed by atoms with E-state index < -0.39 is 0 Å². The van der Waals surface area contributed by atoms with Crippen LogP contribution in [0.3, 0.4) is 0 Å². The molecule has 0 aromatic rings. The van der Waals surface area contributed by atoms with Crippen molar-refractivity contribution in [3.63, 3.8) is 0 Å². The minimum Gasteiger partial charge on any atom is -0.294 e. The highest BCUT2D eigenvalue weighted by molar-refractivity contribution is 5.98. The minimum atomic E-state index is -0.0145. The molecule has 1 nitrogen and oxygen atoms in total. The van der Waals surface area contributed by atoms with Gasteiger partial charge in [-0.15, -0.1) is 0 Å². The van der Waals surface area contributed by atoms with Gasteiger partial charge in [0.05, 0.1) is 0 Å². The van der Waals surface area contributed by atoms with Gasteiger partial charge in [-0.3, -0.25) is 4.79 Å². The first-order valence-corrected chi connectivity index (χ1v) is 5.14. The molecule has 1 spiro atoms. The van der Waals surface area contributed by atoms with Gasteiger partial charge in [0.1, 0.15) is 0 Å². The van der Waals surface area contributed by atoms with Gasteiger partial charge in [0.2, 0.25) is 0 Å². The molecule has 0 aromatic carbocycles. The second-order valence-corrected chi connectivity index (χ2v) is 4.69. The summed E-state index contributed by atoms with van der Waals surface area (Å²) >= 11 is 0. The summed E-state index contributed by atoms with van der Waals surface area (Å²) in [5.74, 6) is 2.16. The first-order valence-electron chi connectivity index (χ1n) is 5.14. The normalized spacial score (nSPS) is 51.5. The van der Waals surface area contributed by atoms with Gasteiger partial charge in [-0.1, -0.05) is 25.2 Å². The molecule has 3 rings (SSSR count). The van der Waals surface area contributed by atoms with Crippen molar-refractivity contribution >= 4 is 5.78 Å². The number of ketones is 1. The van der Waals surface area contributed by atoms with Crippen LogP contribution in [0.25, 0.3) is 0 Å². The lowest BCUT2D eigenvalue weighted by Crippen LogP contribution is -2.37. The van der Waals surface area contributed by atoms with Gasteiger partial charge in [0, 0.05) is 5.41 Å². The Morgan fingerprint density at radius 2 is 2.31 bits per heavy atom. The van der Waals surface area contributed by atoms with E-state index in [1.54, 1.807) is 6.08 Å². The van der Waals surface area contributed by atoms with Crippen LogP contribution >= 0.6 is 0 Å². The zero-order chi connectivity index (χ0) is 9.05. The number of hydrogen-bond acceptors (Lipinski definition) is 1. The van der Waals surface area contributed by atoms with Gasteiger partial charge in [-0.2, -0.15) is 0 Å². The van der Waals surface area contributed by atoms with Crippen molar-refractivity contribution < 1.29 is 4.79 Å². The highest BCUT2D eigenvalue weighted by Gasteiger charge is 2.57. The molecule has 0 saturated heterocycles. The van der Waals surface area contributed by atoms with E-state index in [4.69, 9.17) is 0 Å². The zero-order valence-corrected chi connectivity index (χ0v) is 7.86. The molecular weight excluding hydrogens is 160 g/mol. The van der Waals surface area contributed by atoms with Crippen molar-refractivity contribution in [2.24, 2.45) is 23.2 Å². The van der Waals surface area contributed by atoms with Crippen LogP contribution < -0.4 is 0 Å². The molecule has 0 heterocycles. The second kappa shape index (κ2) is 2.14. The highest BCUT2D eigenvalue weighted by atomic mass is 16.1. The number of fused-ring (bicyclic) bond motifs is 3. The Morgan fingerprint density at radius 3 is 2.85 bits per heavy atom. The van der Waals surface area contributed by atoms with Crippen LogP contribution in [0.2, 0.25) is 0 Å². The summed E-state index contributed by atoms with van der Waals surface area (Å²) in [6.45, 7) is 2.25. The van der Waals surface area contributed by atoms with Gasteiger partial charge < -0.3 is 0 Å². The minimum absolute atomic E-state index is 0.0145. The molecule has 1 saturated carbocycles. The van der Waals surface area contributed by atoms with Crippen molar-refractivity contribution in [1.29, 1.82) is 0 Å². The van der Waals surface area contributed by atoms with Crippen molar-refractivity contribution in [3.05, 3.63) is 24.3 Å². The fraction of sp³-hybridized carbons (Fsp3) is 0.583. The molecule has 0 unspecified atom stereocenters. The third kappa shape index (κ3) is 0.676. The number of carbonyl (C=O) groups is 1. The van der Waals surface area contributed by atoms with Crippen LogP contribution in [0.5, 0.6) is 0 Å². The number of rotatable bonds is 0. The molecule has 0 amide bonds. The molecular formula is C12H14O. The lowest BCUT2D eigenvalue weighted by atomic mass is 9.67. The average Bonchev–Trinajstić information content (AvgIpc) is 2.74. The molecule has 0 N–H and O–H groups in total. The molecule has 68 valence electrons. The van der Waals surface area contributed by atoms with Crippen LogP contribution in [0, 0.1) is 23.2 Å². The van der Waals surface area contributed by atoms with E-state index in [1.807, 2.05) is 0 Å². The Labute approximate surface area is 78.5 Å². The van der Waals surface area contributed by atoms with Crippen molar-refractivity contribution in [2.75, 3.05) is 0 Å². The molecule has 13 heavy (non-hydrogen) atoms. The molecule has 4 atom stereocenters. The van der Waals surface area contributed by atoms with Gasteiger partial charge >= 0.3 is 0 Å². The zero-order valence-electron chi connectivity index (χ0n) is 7.86. The smallest absolute Gasteiger partial charge is 0.162 e. The van der Waals surface area contributed by atoms with Crippen molar-refractivity contribution in [2.45, 2.75) is 19.8 Å². The number of allylic oxidation sites excluding steroid dienone is 4. The lowest BCUT2D eigenvalue weighted by molar-refractivity contribution is -0.126. The summed E-state index contributed by atoms with van der Waals surface area (Å²) in [4.78, 5) is 11.9. The quantitative estimate of drug-likeness (QED) is 0.515. The van der Waals surface area contributed by atoms with Gasteiger partial charge in [0.25, 0.3) is 0 Å². The van der Waals surface area contributed by atoms with E-state index >= 15 is 0 Å². The monoisotopic (exact) mass is 174 g/mol. The van der Waals surface area contributed by atoms with Crippen LogP contribution in [-0.2, 0) is 4.79 Å². The number of carbonyl (C=O) groups excluding carboxylic acids is 1. The van der Waals surface area contributed by atoms with Crippen LogP contribution in [-0.4, -0.2) is 5.78 Å². The molecule has 3 aliphatic carbocycles. The lowest BCUT2D eigenvalue weighted by Gasteiger charge is -2.35. The number of hydrogen-bond donors (Lipinski definition) is 0. The van der Waals surface area contributed by atoms with Crippen LogP contribution in [0.1, 0.15) is 19.8 Å². The van der Waals surface area contributed by atoms with E-state index in [-0.39, 0.29) is 5.41 Å². The third-order valence-corrected chi connectivity index (χ3v) is 4.42. The fourth-order valence-corrected chi connectivity index (χ4v) is 3.56. The highest BCUT2D eigenvalue weighted by Crippen LogP contribution is 2.60. The Bertz CT molecular complexity index is 326. The molecule has 0 aliphatic heterocycles. The van der Waals surface area contributed by atoms with E-state index in [9.17, 15) is 4.79 Å². The maximum absolute atomic E-state index is 11.9. The fourth-order valence-electron chi connectivity index (χ4n) is 3.56. The summed E-state index contributed by atoms with van der Waals surface area (Å²) in [5.41, 5.74) is -0.0145. The van der Waals surface area contributed by atoms with Crippen LogP contribution in [0.15, 0.2) is 24.3 Å². The molecule has 3 aliphatic rings. The van der Waals surface area contributed by atoms with E-state index in [0.29, 0.717) is 23.5 Å². The first-order chi connectivity index (χ1) is 6.25. The summed E-state index contributed by atoms with van der Waals surface area (Å²) < 4.78 is 0. The predicted octanol–water partition coefficient (Wildman–Crippen LogP) is 2.34. The third-order valence-electron chi connectivity index (χ3n) is 4.42. The summed E-state index contributed by atoms with van der Waals surface area (Å²) in [5, 5.41) is 0. The molecule has 0 aromatic heterocycles. The SMILES string of the molecule is C[C@H]1[C@@H]2C=C[C@@H](C2)[C@@]12CC=CC2=O. The van der Waals surface area contributed by atoms with Gasteiger partial charge in [-0.05, 0) is 36.7 Å². The molecule has 1 fully saturated rings. The Balaban J connectivity index is 2.09. The molecule has 2 bridgehead atoms. The summed E-state index contributed by atoms with van der Waals surface area (Å²) in [7, 11) is 0. The largest absolute Gasteiger partial charge is 0.294 e. The van der Waals surface area contributed by atoms with Gasteiger partial charge in [-0.25, -0.2) is 0 Å². The second-order valence-electron chi connectivity index (χ2n) is 4.69. The van der Waals surface area contributed by atoms with Crippen LogP contribution in [0.4, 0.5) is 0 Å². The predicted molar refractivity (Wildman–Crippen MR) is 51.1 cm³/mol. The Hall–Kier alpha value is -0.850. The average molecular weight is 174 g/mol. The Kier molecular flexibility index (Phi) is 1.24. The Morgan fingerprint density at radius 1 is 1.46 bits per heavy atom. The maximum Gasteiger partial charge on any atom is 0.162 e.